The Hall–Kier alpha value is -0.400. The minimum absolute atomic E-state index is 0.0759. The number of fused-ring (bicyclic) bond motifs is 1. The van der Waals surface area contributed by atoms with Crippen molar-refractivity contribution in [1.29, 1.82) is 0 Å². The number of ether oxygens (including phenoxy) is 1. The van der Waals surface area contributed by atoms with Gasteiger partial charge >= 0.3 is 11.9 Å². The van der Waals surface area contributed by atoms with Crippen LogP contribution in [0.5, 0.6) is 0 Å². The van der Waals surface area contributed by atoms with Crippen LogP contribution in [-0.2, 0) is 33.0 Å². The van der Waals surface area contributed by atoms with E-state index in [-0.39, 0.29) is 17.1 Å². The minimum Gasteiger partial charge on any atom is -0.393 e. The van der Waals surface area contributed by atoms with E-state index in [1.165, 1.54) is 0 Å². The molecule has 0 aromatic carbocycles. The van der Waals surface area contributed by atoms with E-state index in [0.717, 1.165) is 30.5 Å². The molecule has 120 valence electrons. The zero-order valence-corrected chi connectivity index (χ0v) is 12.5. The van der Waals surface area contributed by atoms with Gasteiger partial charge in [0.05, 0.1) is 11.8 Å². The normalized spacial score (nSPS) is 28.5. The van der Waals surface area contributed by atoms with Crippen molar-refractivity contribution in [3.8, 4) is 0 Å². The number of esters is 2. The van der Waals surface area contributed by atoms with E-state index in [9.17, 15) is 9.59 Å². The molecule has 0 radical (unpaired) electrons. The van der Waals surface area contributed by atoms with Crippen LogP contribution in [0.1, 0.15) is 19.3 Å². The van der Waals surface area contributed by atoms with E-state index in [1.807, 2.05) is 0 Å². The number of carbonyl (C=O) groups is 2. The summed E-state index contributed by atoms with van der Waals surface area (Å²) < 4.78 is 13.7. The first-order chi connectivity index (χ1) is 10.2. The van der Waals surface area contributed by atoms with Gasteiger partial charge in [0.2, 0.25) is 0 Å². The summed E-state index contributed by atoms with van der Waals surface area (Å²) >= 11 is 2.00. The van der Waals surface area contributed by atoms with Crippen molar-refractivity contribution in [3.63, 3.8) is 0 Å². The van der Waals surface area contributed by atoms with Gasteiger partial charge in [-0.1, -0.05) is 5.04 Å². The summed E-state index contributed by atoms with van der Waals surface area (Å²) in [7, 11) is 0. The minimum atomic E-state index is -0.433. The second-order valence-electron chi connectivity index (χ2n) is 4.49. The molecule has 1 saturated heterocycles. The summed E-state index contributed by atoms with van der Waals surface area (Å²) in [6.07, 6.45) is 1.93. The Bertz CT molecular complexity index is 371. The van der Waals surface area contributed by atoms with Crippen LogP contribution in [0.15, 0.2) is 0 Å². The van der Waals surface area contributed by atoms with E-state index in [1.54, 1.807) is 0 Å². The number of hydrogen-bond acceptors (Lipinski definition) is 11. The van der Waals surface area contributed by atoms with Crippen LogP contribution in [0.4, 0.5) is 0 Å². The zero-order valence-electron chi connectivity index (χ0n) is 10.9. The third-order valence-corrected chi connectivity index (χ3v) is 4.62. The molecule has 0 amide bonds. The average Bonchev–Trinajstić information content (AvgIpc) is 2.76. The van der Waals surface area contributed by atoms with Gasteiger partial charge in [-0.05, 0) is 19.3 Å². The average molecular weight is 341 g/mol. The SMILES string of the molecule is O=C1OC(=O)C2CC(SOONCCSOOO)CCC12. The van der Waals surface area contributed by atoms with Gasteiger partial charge in [-0.3, -0.25) is 9.59 Å². The lowest BCUT2D eigenvalue weighted by Gasteiger charge is -2.25. The molecule has 2 aliphatic rings. The number of cyclic esters (lactones) is 2. The topological polar surface area (TPSA) is 113 Å². The van der Waals surface area contributed by atoms with Crippen molar-refractivity contribution in [2.45, 2.75) is 24.5 Å². The summed E-state index contributed by atoms with van der Waals surface area (Å²) in [6, 6.07) is 0. The fourth-order valence-corrected chi connectivity index (χ4v) is 3.29. The molecule has 11 heteroatoms. The van der Waals surface area contributed by atoms with E-state index in [4.69, 9.17) is 14.6 Å². The molecule has 3 unspecified atom stereocenters. The van der Waals surface area contributed by atoms with E-state index < -0.39 is 11.9 Å². The molecule has 1 saturated carbocycles. The predicted molar refractivity (Wildman–Crippen MR) is 70.7 cm³/mol. The third kappa shape index (κ3) is 5.07. The van der Waals surface area contributed by atoms with Gasteiger partial charge in [-0.25, -0.2) is 5.26 Å². The van der Waals surface area contributed by atoms with Crippen molar-refractivity contribution in [2.75, 3.05) is 12.3 Å². The van der Waals surface area contributed by atoms with Crippen LogP contribution in [0.2, 0.25) is 0 Å². The standard InChI is InChI=1S/C10H15NO8S2/c12-9-7-2-1-6(5-8(7)10(13)15-9)21-18-16-11-3-4-20-19-17-14/h6-8,11,14H,1-5H2. The second kappa shape index (κ2) is 8.90. The van der Waals surface area contributed by atoms with E-state index in [0.29, 0.717) is 25.1 Å². The maximum atomic E-state index is 11.5. The molecule has 3 atom stereocenters. The largest absolute Gasteiger partial charge is 0.393 e. The van der Waals surface area contributed by atoms with Gasteiger partial charge < -0.3 is 4.74 Å². The molecular weight excluding hydrogens is 326 g/mol. The Morgan fingerprint density at radius 2 is 2.05 bits per heavy atom. The highest BCUT2D eigenvalue weighted by Crippen LogP contribution is 2.40. The Morgan fingerprint density at radius 3 is 2.86 bits per heavy atom. The molecule has 0 aromatic rings. The summed E-state index contributed by atoms with van der Waals surface area (Å²) in [4.78, 5) is 27.6. The highest BCUT2D eigenvalue weighted by atomic mass is 32.2. The summed E-state index contributed by atoms with van der Waals surface area (Å²) in [5.41, 5.74) is 2.52. The van der Waals surface area contributed by atoms with Gasteiger partial charge in [-0.15, -0.1) is 13.7 Å². The lowest BCUT2D eigenvalue weighted by molar-refractivity contribution is -0.432. The molecule has 1 heterocycles. The summed E-state index contributed by atoms with van der Waals surface area (Å²) in [6.45, 7) is 0.408. The number of rotatable bonds is 9. The lowest BCUT2D eigenvalue weighted by Crippen LogP contribution is -2.28. The van der Waals surface area contributed by atoms with Crippen LogP contribution < -0.4 is 5.48 Å². The Balaban J connectivity index is 1.54. The fraction of sp³-hybridized carbons (Fsp3) is 0.800. The number of hydroxylamine groups is 1. The molecule has 21 heavy (non-hydrogen) atoms. The van der Waals surface area contributed by atoms with Crippen LogP contribution in [0.3, 0.4) is 0 Å². The molecule has 2 N–H and O–H groups in total. The Labute approximate surface area is 129 Å². The van der Waals surface area contributed by atoms with E-state index >= 15 is 0 Å². The predicted octanol–water partition coefficient (Wildman–Crippen LogP) is 1.03. The molecule has 0 spiro atoms. The molecule has 2 rings (SSSR count). The van der Waals surface area contributed by atoms with Gasteiger partial charge in [0.1, 0.15) is 0 Å². The first-order valence-corrected chi connectivity index (χ1v) is 8.01. The number of hydrogen-bond donors (Lipinski definition) is 2. The van der Waals surface area contributed by atoms with Crippen LogP contribution in [0, 0.1) is 11.8 Å². The maximum Gasteiger partial charge on any atom is 0.317 e. The van der Waals surface area contributed by atoms with Crippen molar-refractivity contribution < 1.29 is 38.3 Å². The van der Waals surface area contributed by atoms with Gasteiger partial charge in [0.15, 0.2) is 0 Å². The monoisotopic (exact) mass is 341 g/mol. The highest BCUT2D eigenvalue weighted by molar-refractivity contribution is 7.95. The first-order valence-electron chi connectivity index (χ1n) is 6.29. The fourth-order valence-electron chi connectivity index (χ4n) is 2.29. The molecule has 0 bridgehead atoms. The third-order valence-electron chi connectivity index (χ3n) is 3.24. The Morgan fingerprint density at radius 1 is 1.24 bits per heavy atom. The van der Waals surface area contributed by atoms with Crippen LogP contribution in [-0.4, -0.2) is 34.7 Å². The van der Waals surface area contributed by atoms with Crippen LogP contribution >= 0.6 is 24.1 Å². The number of carbonyl (C=O) groups excluding carboxylic acids is 2. The van der Waals surface area contributed by atoms with Crippen molar-refractivity contribution in [2.24, 2.45) is 11.8 Å². The molecular formula is C10H15NO8S2. The summed E-state index contributed by atoms with van der Waals surface area (Å²) in [5.74, 6) is -1.02. The first kappa shape index (κ1) is 17.0. The summed E-state index contributed by atoms with van der Waals surface area (Å²) in [5, 5.41) is 11.3. The Kier molecular flexibility index (Phi) is 7.19. The smallest absolute Gasteiger partial charge is 0.317 e. The molecule has 1 aliphatic carbocycles. The lowest BCUT2D eigenvalue weighted by atomic mass is 9.81. The van der Waals surface area contributed by atoms with Crippen LogP contribution in [0.25, 0.3) is 0 Å². The second-order valence-corrected chi connectivity index (χ2v) is 6.27. The zero-order chi connectivity index (χ0) is 15.1. The van der Waals surface area contributed by atoms with Gasteiger partial charge in [0, 0.05) is 41.6 Å². The number of nitrogens with one attached hydrogen (secondary N) is 1. The van der Waals surface area contributed by atoms with Crippen molar-refractivity contribution in [1.82, 2.24) is 5.48 Å². The van der Waals surface area contributed by atoms with Gasteiger partial charge in [0.25, 0.3) is 0 Å². The van der Waals surface area contributed by atoms with E-state index in [2.05, 4.69) is 19.6 Å². The molecule has 2 fully saturated rings. The molecule has 1 aliphatic heterocycles. The molecule has 9 nitrogen and oxygen atoms in total. The van der Waals surface area contributed by atoms with Crippen molar-refractivity contribution >= 4 is 36.0 Å². The molecule has 0 aromatic heterocycles. The van der Waals surface area contributed by atoms with Gasteiger partial charge in [-0.2, -0.15) is 5.48 Å². The maximum absolute atomic E-state index is 11.5. The highest BCUT2D eigenvalue weighted by Gasteiger charge is 2.47. The quantitative estimate of drug-likeness (QED) is 0.156. The van der Waals surface area contributed by atoms with Crippen molar-refractivity contribution in [3.05, 3.63) is 0 Å².